The Morgan fingerprint density at radius 3 is 2.24 bits per heavy atom. The van der Waals surface area contributed by atoms with E-state index in [9.17, 15) is 35.8 Å². The normalized spacial score (nSPS) is 12.1. The Hall–Kier alpha value is -2.41. The third-order valence-electron chi connectivity index (χ3n) is 3.12. The Kier molecular flexibility index (Phi) is 4.90. The molecule has 0 saturated heterocycles. The van der Waals surface area contributed by atoms with Crippen LogP contribution in [-0.4, -0.2) is 43.7 Å². The molecule has 25 heavy (non-hydrogen) atoms. The van der Waals surface area contributed by atoms with Crippen LogP contribution in [0.5, 0.6) is 5.75 Å². The minimum atomic E-state index is -5.04. The van der Waals surface area contributed by atoms with Crippen molar-refractivity contribution < 1.29 is 40.6 Å². The quantitative estimate of drug-likeness (QED) is 0.566. The number of phenolic OH excluding ortho intramolecular Hbond substituents is 1. The maximum Gasteiger partial charge on any atom is 0.411 e. The van der Waals surface area contributed by atoms with Crippen LogP contribution in [0.15, 0.2) is 34.1 Å². The van der Waals surface area contributed by atoms with Gasteiger partial charge in [0.05, 0.1) is 17.7 Å². The fourth-order valence-electron chi connectivity index (χ4n) is 2.21. The van der Waals surface area contributed by atoms with Crippen LogP contribution in [0.25, 0.3) is 10.8 Å². The van der Waals surface area contributed by atoms with E-state index in [4.69, 9.17) is 0 Å². The van der Waals surface area contributed by atoms with E-state index in [0.29, 0.717) is 6.07 Å². The molecule has 2 rings (SSSR count). The Balaban J connectivity index is 3.01. The molecule has 0 aliphatic heterocycles. The molecule has 10 nitrogen and oxygen atoms in total. The Bertz CT molecular complexity index is 1060. The number of aromatic hydroxyl groups is 1. The molecule has 0 aromatic heterocycles. The zero-order valence-corrected chi connectivity index (χ0v) is 14.3. The first-order valence-electron chi connectivity index (χ1n) is 6.64. The van der Waals surface area contributed by atoms with Gasteiger partial charge in [0, 0.05) is 5.39 Å². The number of benzene rings is 2. The summed E-state index contributed by atoms with van der Waals surface area (Å²) in [6.07, 6.45) is -1.10. The molecule has 0 unspecified atom stereocenters. The lowest BCUT2D eigenvalue weighted by Gasteiger charge is -2.15. The van der Waals surface area contributed by atoms with Crippen molar-refractivity contribution in [1.29, 1.82) is 0 Å². The molecule has 0 aliphatic rings. The van der Waals surface area contributed by atoms with Crippen molar-refractivity contribution in [1.82, 2.24) is 0 Å². The van der Waals surface area contributed by atoms with Gasteiger partial charge >= 0.3 is 6.09 Å². The molecular weight excluding hydrogens is 378 g/mol. The second-order valence-electron chi connectivity index (χ2n) is 4.74. The summed E-state index contributed by atoms with van der Waals surface area (Å²) in [4.78, 5) is 9.76. The topological polar surface area (TPSA) is 167 Å². The molecule has 0 aliphatic carbocycles. The minimum absolute atomic E-state index is 0.0555. The largest absolute Gasteiger partial charge is 0.507 e. The van der Waals surface area contributed by atoms with Crippen LogP contribution in [0.4, 0.5) is 10.5 Å². The summed E-state index contributed by atoms with van der Waals surface area (Å²) in [7, 11) is -9.96. The van der Waals surface area contributed by atoms with E-state index in [1.807, 2.05) is 5.32 Å². The molecule has 12 heteroatoms. The highest BCUT2D eigenvalue weighted by atomic mass is 32.2. The van der Waals surface area contributed by atoms with Crippen molar-refractivity contribution in [3.05, 3.63) is 24.3 Å². The van der Waals surface area contributed by atoms with Crippen molar-refractivity contribution in [2.45, 2.75) is 16.7 Å². The second-order valence-corrected chi connectivity index (χ2v) is 7.52. The summed E-state index contributed by atoms with van der Waals surface area (Å²) in [6, 6.07) is 3.98. The molecule has 136 valence electrons. The molecule has 0 spiro atoms. The van der Waals surface area contributed by atoms with Gasteiger partial charge in [-0.3, -0.25) is 14.4 Å². The maximum absolute atomic E-state index is 11.7. The van der Waals surface area contributed by atoms with Crippen molar-refractivity contribution in [2.75, 3.05) is 11.9 Å². The van der Waals surface area contributed by atoms with E-state index in [-0.39, 0.29) is 12.0 Å². The van der Waals surface area contributed by atoms with Crippen LogP contribution >= 0.6 is 0 Å². The third-order valence-corrected chi connectivity index (χ3v) is 4.90. The maximum atomic E-state index is 11.7. The third kappa shape index (κ3) is 3.82. The number of amides is 1. The summed E-state index contributed by atoms with van der Waals surface area (Å²) in [6.45, 7) is 1.43. The van der Waals surface area contributed by atoms with Gasteiger partial charge in [0.25, 0.3) is 20.2 Å². The molecule has 1 amide bonds. The average Bonchev–Trinajstić information content (AvgIpc) is 2.45. The van der Waals surface area contributed by atoms with Crippen LogP contribution in [-0.2, 0) is 25.0 Å². The lowest BCUT2D eigenvalue weighted by Crippen LogP contribution is -2.17. The van der Waals surface area contributed by atoms with Gasteiger partial charge in [-0.05, 0) is 19.1 Å². The Labute approximate surface area is 142 Å². The number of phenols is 1. The molecular formula is C13H13NO9S2. The van der Waals surface area contributed by atoms with Crippen LogP contribution in [0, 0.1) is 0 Å². The highest BCUT2D eigenvalue weighted by Crippen LogP contribution is 2.40. The van der Waals surface area contributed by atoms with Crippen LogP contribution < -0.4 is 5.32 Å². The van der Waals surface area contributed by atoms with Gasteiger partial charge in [-0.1, -0.05) is 12.1 Å². The zero-order valence-electron chi connectivity index (χ0n) is 12.6. The summed E-state index contributed by atoms with van der Waals surface area (Å²) in [5.74, 6) is -0.598. The van der Waals surface area contributed by atoms with E-state index >= 15 is 0 Å². The van der Waals surface area contributed by atoms with Crippen molar-refractivity contribution >= 4 is 42.8 Å². The highest BCUT2D eigenvalue weighted by Gasteiger charge is 2.27. The lowest BCUT2D eigenvalue weighted by atomic mass is 10.1. The SMILES string of the molecule is CCOC(=O)Nc1c(S(=O)(=O)O)cc(S(=O)(=O)O)c2cccc(O)c12. The second kappa shape index (κ2) is 6.48. The van der Waals surface area contributed by atoms with Gasteiger partial charge in [-0.15, -0.1) is 0 Å². The van der Waals surface area contributed by atoms with Gasteiger partial charge in [0.1, 0.15) is 15.5 Å². The number of fused-ring (bicyclic) bond motifs is 1. The summed E-state index contributed by atoms with van der Waals surface area (Å²) >= 11 is 0. The first kappa shape index (κ1) is 18.9. The summed E-state index contributed by atoms with van der Waals surface area (Å²) in [5, 5.41) is 11.4. The first-order chi connectivity index (χ1) is 11.5. The smallest absolute Gasteiger partial charge is 0.411 e. The number of ether oxygens (including phenoxy) is 1. The van der Waals surface area contributed by atoms with Crippen molar-refractivity contribution in [3.63, 3.8) is 0 Å². The van der Waals surface area contributed by atoms with Crippen LogP contribution in [0.1, 0.15) is 6.92 Å². The molecule has 0 fully saturated rings. The predicted molar refractivity (Wildman–Crippen MR) is 85.9 cm³/mol. The number of carbonyl (C=O) groups is 1. The number of hydrogen-bond donors (Lipinski definition) is 4. The standard InChI is InChI=1S/C13H13NO9S2/c1-2-23-13(16)14-12-10(25(20,21)22)6-9(24(17,18)19)7-4-3-5-8(15)11(7)12/h3-6,15H,2H2,1H3,(H,14,16)(H,17,18,19)(H,20,21,22). The molecule has 0 bridgehead atoms. The van der Waals surface area contributed by atoms with E-state index in [2.05, 4.69) is 4.74 Å². The monoisotopic (exact) mass is 391 g/mol. The highest BCUT2D eigenvalue weighted by molar-refractivity contribution is 7.87. The molecule has 0 radical (unpaired) electrons. The van der Waals surface area contributed by atoms with Crippen molar-refractivity contribution in [2.24, 2.45) is 0 Å². The number of carbonyl (C=O) groups excluding carboxylic acids is 1. The molecule has 0 saturated carbocycles. The molecule has 0 atom stereocenters. The Morgan fingerprint density at radius 2 is 1.72 bits per heavy atom. The minimum Gasteiger partial charge on any atom is -0.507 e. The van der Waals surface area contributed by atoms with Crippen LogP contribution in [0.3, 0.4) is 0 Å². The lowest BCUT2D eigenvalue weighted by molar-refractivity contribution is 0.168. The van der Waals surface area contributed by atoms with E-state index in [0.717, 1.165) is 6.07 Å². The van der Waals surface area contributed by atoms with E-state index < -0.39 is 52.9 Å². The van der Waals surface area contributed by atoms with Gasteiger partial charge in [-0.25, -0.2) is 4.79 Å². The first-order valence-corrected chi connectivity index (χ1v) is 9.52. The summed E-state index contributed by atoms with van der Waals surface area (Å²) in [5.41, 5.74) is -0.596. The van der Waals surface area contributed by atoms with Gasteiger partial charge in [0.2, 0.25) is 0 Å². The Morgan fingerprint density at radius 1 is 1.12 bits per heavy atom. The molecule has 4 N–H and O–H groups in total. The fraction of sp³-hybridized carbons (Fsp3) is 0.154. The van der Waals surface area contributed by atoms with Gasteiger partial charge < -0.3 is 9.84 Å². The molecule has 0 heterocycles. The van der Waals surface area contributed by atoms with Crippen molar-refractivity contribution in [3.8, 4) is 5.75 Å². The number of rotatable bonds is 4. The van der Waals surface area contributed by atoms with E-state index in [1.54, 1.807) is 0 Å². The number of hydrogen-bond acceptors (Lipinski definition) is 7. The summed E-state index contributed by atoms with van der Waals surface area (Å²) < 4.78 is 69.7. The average molecular weight is 391 g/mol. The van der Waals surface area contributed by atoms with Gasteiger partial charge in [-0.2, -0.15) is 16.8 Å². The molecule has 2 aromatic carbocycles. The predicted octanol–water partition coefficient (Wildman–Crippen LogP) is 1.61. The number of nitrogens with one attached hydrogen (secondary N) is 1. The fourth-order valence-corrected chi connectivity index (χ4v) is 3.68. The number of anilines is 1. The van der Waals surface area contributed by atoms with Gasteiger partial charge in [0.15, 0.2) is 0 Å². The van der Waals surface area contributed by atoms with E-state index in [1.165, 1.54) is 19.1 Å². The van der Waals surface area contributed by atoms with Crippen LogP contribution in [0.2, 0.25) is 0 Å². The molecule has 2 aromatic rings. The zero-order chi connectivity index (χ0) is 19.0.